The Morgan fingerprint density at radius 2 is 1.71 bits per heavy atom. The molecule has 3 rings (SSSR count). The van der Waals surface area contributed by atoms with Crippen LogP contribution in [0.2, 0.25) is 0 Å². The molecule has 158 valence electrons. The van der Waals surface area contributed by atoms with Crippen LogP contribution in [0.4, 0.5) is 14.5 Å². The van der Waals surface area contributed by atoms with Crippen LogP contribution in [0, 0.1) is 29.9 Å². The number of amides is 1. The van der Waals surface area contributed by atoms with Gasteiger partial charge in [0.2, 0.25) is 0 Å². The molecule has 6 nitrogen and oxygen atoms in total. The molecule has 0 fully saturated rings. The number of carbonyl (C=O) groups is 1. The Labute approximate surface area is 178 Å². The lowest BCUT2D eigenvalue weighted by Crippen LogP contribution is -2.28. The van der Waals surface area contributed by atoms with Crippen molar-refractivity contribution in [3.8, 4) is 6.07 Å². The van der Waals surface area contributed by atoms with E-state index < -0.39 is 33.6 Å². The summed E-state index contributed by atoms with van der Waals surface area (Å²) in [5, 5.41) is 11.6. The number of benzene rings is 3. The number of rotatable bonds is 6. The lowest BCUT2D eigenvalue weighted by atomic mass is 10.1. The van der Waals surface area contributed by atoms with E-state index in [9.17, 15) is 27.3 Å². The van der Waals surface area contributed by atoms with Gasteiger partial charge in [0.1, 0.15) is 17.7 Å². The largest absolute Gasteiger partial charge is 0.332 e. The second-order valence-corrected chi connectivity index (χ2v) is 8.33. The summed E-state index contributed by atoms with van der Waals surface area (Å²) in [6, 6.07) is 15.0. The number of carbonyl (C=O) groups excluding carboxylic acids is 1. The fourth-order valence-corrected chi connectivity index (χ4v) is 3.94. The summed E-state index contributed by atoms with van der Waals surface area (Å²) >= 11 is 0. The van der Waals surface area contributed by atoms with Gasteiger partial charge in [-0.2, -0.15) is 5.26 Å². The summed E-state index contributed by atoms with van der Waals surface area (Å²) in [5.74, 6) is -2.48. The van der Waals surface area contributed by atoms with E-state index in [1.807, 2.05) is 0 Å². The summed E-state index contributed by atoms with van der Waals surface area (Å²) in [6.45, 7) is 1.76. The number of anilines is 1. The van der Waals surface area contributed by atoms with Crippen LogP contribution in [0.15, 0.2) is 71.6 Å². The molecule has 3 aromatic carbocycles. The molecule has 0 radical (unpaired) electrons. The van der Waals surface area contributed by atoms with E-state index in [1.165, 1.54) is 24.3 Å². The van der Waals surface area contributed by atoms with Crippen LogP contribution in [0.25, 0.3) is 0 Å². The Morgan fingerprint density at radius 3 is 2.32 bits per heavy atom. The third-order valence-electron chi connectivity index (χ3n) is 4.49. The zero-order chi connectivity index (χ0) is 22.6. The highest BCUT2D eigenvalue weighted by Crippen LogP contribution is 2.21. The Balaban J connectivity index is 1.76. The SMILES string of the molecule is Cc1ccccc1NS(=O)(=O)c1ccc(C(=O)NC(C#N)c2ccc(F)cc2F)cc1. The summed E-state index contributed by atoms with van der Waals surface area (Å²) in [7, 11) is -3.88. The normalized spacial score (nSPS) is 11.9. The lowest BCUT2D eigenvalue weighted by Gasteiger charge is -2.14. The summed E-state index contributed by atoms with van der Waals surface area (Å²) in [5.41, 5.74) is 1.07. The van der Waals surface area contributed by atoms with E-state index in [2.05, 4.69) is 10.0 Å². The van der Waals surface area contributed by atoms with Gasteiger partial charge in [-0.15, -0.1) is 0 Å². The van der Waals surface area contributed by atoms with Crippen LogP contribution >= 0.6 is 0 Å². The number of para-hydroxylation sites is 1. The van der Waals surface area contributed by atoms with Gasteiger partial charge in [-0.05, 0) is 48.9 Å². The van der Waals surface area contributed by atoms with Crippen molar-refractivity contribution in [2.45, 2.75) is 17.9 Å². The first kappa shape index (κ1) is 21.9. The maximum absolute atomic E-state index is 13.9. The fraction of sp³-hybridized carbons (Fsp3) is 0.0909. The third kappa shape index (κ3) is 5.05. The monoisotopic (exact) mass is 441 g/mol. The quantitative estimate of drug-likeness (QED) is 0.602. The maximum Gasteiger partial charge on any atom is 0.261 e. The number of sulfonamides is 1. The van der Waals surface area contributed by atoms with Crippen LogP contribution in [0.1, 0.15) is 27.5 Å². The molecule has 3 aromatic rings. The summed E-state index contributed by atoms with van der Waals surface area (Å²) in [4.78, 5) is 12.4. The molecule has 0 saturated carbocycles. The van der Waals surface area contributed by atoms with Crippen molar-refractivity contribution in [3.05, 3.63) is 95.1 Å². The summed E-state index contributed by atoms with van der Waals surface area (Å²) in [6.07, 6.45) is 0. The minimum absolute atomic E-state index is 0.0614. The molecule has 1 amide bonds. The van der Waals surface area contributed by atoms with Crippen molar-refractivity contribution >= 4 is 21.6 Å². The van der Waals surface area contributed by atoms with Gasteiger partial charge in [0.25, 0.3) is 15.9 Å². The highest BCUT2D eigenvalue weighted by atomic mass is 32.2. The number of halogens is 2. The fourth-order valence-electron chi connectivity index (χ4n) is 2.81. The Hall–Kier alpha value is -3.77. The van der Waals surface area contributed by atoms with Gasteiger partial charge in [0, 0.05) is 17.2 Å². The predicted molar refractivity (Wildman–Crippen MR) is 111 cm³/mol. The number of hydrogen-bond acceptors (Lipinski definition) is 4. The van der Waals surface area contributed by atoms with Crippen molar-refractivity contribution < 1.29 is 22.0 Å². The molecule has 0 heterocycles. The van der Waals surface area contributed by atoms with Gasteiger partial charge in [-0.1, -0.05) is 24.3 Å². The molecule has 0 aromatic heterocycles. The standard InChI is InChI=1S/C22H17F2N3O3S/c1-14-4-2-3-5-20(14)27-31(29,30)17-9-6-15(7-10-17)22(28)26-21(13-25)18-11-8-16(23)12-19(18)24/h2-12,21,27H,1H3,(H,26,28). The van der Waals surface area contributed by atoms with Crippen molar-refractivity contribution in [2.75, 3.05) is 4.72 Å². The van der Waals surface area contributed by atoms with E-state index >= 15 is 0 Å². The van der Waals surface area contributed by atoms with Crippen LogP contribution in [-0.2, 0) is 10.0 Å². The molecule has 2 N–H and O–H groups in total. The first-order valence-corrected chi connectivity index (χ1v) is 10.5. The molecular formula is C22H17F2N3O3S. The number of nitriles is 1. The van der Waals surface area contributed by atoms with Crippen LogP contribution in [0.3, 0.4) is 0 Å². The van der Waals surface area contributed by atoms with Gasteiger partial charge >= 0.3 is 0 Å². The van der Waals surface area contributed by atoms with Crippen molar-refractivity contribution in [3.63, 3.8) is 0 Å². The van der Waals surface area contributed by atoms with E-state index in [-0.39, 0.29) is 16.0 Å². The second-order valence-electron chi connectivity index (χ2n) is 6.65. The van der Waals surface area contributed by atoms with Gasteiger partial charge < -0.3 is 5.32 Å². The molecular weight excluding hydrogens is 424 g/mol. The van der Waals surface area contributed by atoms with Gasteiger partial charge in [-0.3, -0.25) is 9.52 Å². The maximum atomic E-state index is 13.9. The highest BCUT2D eigenvalue weighted by molar-refractivity contribution is 7.92. The zero-order valence-electron chi connectivity index (χ0n) is 16.3. The molecule has 0 spiro atoms. The van der Waals surface area contributed by atoms with Crippen LogP contribution < -0.4 is 10.0 Å². The van der Waals surface area contributed by atoms with Crippen LogP contribution in [-0.4, -0.2) is 14.3 Å². The van der Waals surface area contributed by atoms with Gasteiger partial charge in [-0.25, -0.2) is 17.2 Å². The van der Waals surface area contributed by atoms with Crippen molar-refractivity contribution in [2.24, 2.45) is 0 Å². The molecule has 0 aliphatic rings. The number of nitrogens with zero attached hydrogens (tertiary/aromatic N) is 1. The van der Waals surface area contributed by atoms with E-state index in [4.69, 9.17) is 0 Å². The van der Waals surface area contributed by atoms with E-state index in [1.54, 1.807) is 37.3 Å². The Kier molecular flexibility index (Phi) is 6.32. The Bertz CT molecular complexity index is 1270. The molecule has 0 aliphatic heterocycles. The summed E-state index contributed by atoms with van der Waals surface area (Å²) < 4.78 is 54.6. The number of nitrogens with one attached hydrogen (secondary N) is 2. The zero-order valence-corrected chi connectivity index (χ0v) is 17.1. The smallest absolute Gasteiger partial charge is 0.261 e. The van der Waals surface area contributed by atoms with E-state index in [0.717, 1.165) is 17.7 Å². The lowest BCUT2D eigenvalue weighted by molar-refractivity contribution is 0.0944. The van der Waals surface area contributed by atoms with Crippen molar-refractivity contribution in [1.82, 2.24) is 5.32 Å². The van der Waals surface area contributed by atoms with Gasteiger partial charge in [0.05, 0.1) is 16.7 Å². The molecule has 0 bridgehead atoms. The van der Waals surface area contributed by atoms with Crippen molar-refractivity contribution in [1.29, 1.82) is 5.26 Å². The molecule has 0 aliphatic carbocycles. The van der Waals surface area contributed by atoms with Gasteiger partial charge in [0.15, 0.2) is 0 Å². The minimum atomic E-state index is -3.88. The van der Waals surface area contributed by atoms with Crippen LogP contribution in [0.5, 0.6) is 0 Å². The average molecular weight is 441 g/mol. The molecule has 1 atom stereocenters. The molecule has 0 saturated heterocycles. The predicted octanol–water partition coefficient (Wildman–Crippen LogP) is 4.07. The first-order valence-electron chi connectivity index (χ1n) is 9.05. The number of hydrogen-bond donors (Lipinski definition) is 2. The topological polar surface area (TPSA) is 99.1 Å². The average Bonchev–Trinajstić information content (AvgIpc) is 2.74. The minimum Gasteiger partial charge on any atom is -0.332 e. The molecule has 1 unspecified atom stereocenters. The Morgan fingerprint density at radius 1 is 1.03 bits per heavy atom. The van der Waals surface area contributed by atoms with E-state index in [0.29, 0.717) is 11.8 Å². The highest BCUT2D eigenvalue weighted by Gasteiger charge is 2.20. The third-order valence-corrected chi connectivity index (χ3v) is 5.88. The first-order chi connectivity index (χ1) is 14.7. The second kappa shape index (κ2) is 8.93. The number of aryl methyl sites for hydroxylation is 1. The molecule has 9 heteroatoms. The molecule has 31 heavy (non-hydrogen) atoms.